The second kappa shape index (κ2) is 5.14. The molecule has 4 nitrogen and oxygen atoms in total. The number of hydrogen-bond acceptors (Lipinski definition) is 4. The number of methoxy groups -OCH3 is 1. The fourth-order valence-electron chi connectivity index (χ4n) is 1.44. The lowest BCUT2D eigenvalue weighted by Crippen LogP contribution is -2.16. The zero-order valence-electron chi connectivity index (χ0n) is 9.75. The Hall–Kier alpha value is -1.67. The standard InChI is InChI=1S/C11H9F3N2O2S/c1-18-5-9(17)16-10-15-7-4-6(11(12,13)14)2-3-8(7)19-10/h2-4H,5H2,1H3,(H,15,16,17). The molecule has 0 atom stereocenters. The number of benzene rings is 1. The van der Waals surface area contributed by atoms with E-state index in [1.54, 1.807) is 0 Å². The summed E-state index contributed by atoms with van der Waals surface area (Å²) in [5.41, 5.74) is -0.562. The van der Waals surface area contributed by atoms with Gasteiger partial charge in [-0.3, -0.25) is 10.1 Å². The molecular weight excluding hydrogens is 281 g/mol. The lowest BCUT2D eigenvalue weighted by molar-refractivity contribution is -0.137. The van der Waals surface area contributed by atoms with Crippen LogP contribution in [0.4, 0.5) is 18.3 Å². The number of nitrogens with zero attached hydrogens (tertiary/aromatic N) is 1. The Balaban J connectivity index is 2.28. The van der Waals surface area contributed by atoms with Crippen LogP contribution in [-0.4, -0.2) is 24.6 Å². The molecule has 8 heteroatoms. The zero-order valence-corrected chi connectivity index (χ0v) is 10.6. The minimum Gasteiger partial charge on any atom is -0.375 e. The van der Waals surface area contributed by atoms with Crippen molar-refractivity contribution in [3.05, 3.63) is 23.8 Å². The summed E-state index contributed by atoms with van der Waals surface area (Å²) in [5.74, 6) is -0.405. The maximum atomic E-state index is 12.5. The first-order chi connectivity index (χ1) is 8.90. The molecule has 1 amide bonds. The number of aromatic nitrogens is 1. The van der Waals surface area contributed by atoms with Crippen molar-refractivity contribution in [2.24, 2.45) is 0 Å². The van der Waals surface area contributed by atoms with Crippen molar-refractivity contribution in [2.75, 3.05) is 19.0 Å². The molecule has 0 spiro atoms. The molecular formula is C11H9F3N2O2S. The summed E-state index contributed by atoms with van der Waals surface area (Å²) in [4.78, 5) is 15.2. The molecule has 1 heterocycles. The predicted molar refractivity (Wildman–Crippen MR) is 65.1 cm³/mol. The highest BCUT2D eigenvalue weighted by atomic mass is 32.1. The molecule has 0 aliphatic heterocycles. The summed E-state index contributed by atoms with van der Waals surface area (Å²) >= 11 is 1.10. The van der Waals surface area contributed by atoms with E-state index in [1.165, 1.54) is 13.2 Å². The number of amides is 1. The number of thiazole rings is 1. The number of carbonyl (C=O) groups is 1. The SMILES string of the molecule is COCC(=O)Nc1nc2cc(C(F)(F)F)ccc2s1. The minimum absolute atomic E-state index is 0.135. The molecule has 0 fully saturated rings. The maximum absolute atomic E-state index is 12.5. The largest absolute Gasteiger partial charge is 0.416 e. The van der Waals surface area contributed by atoms with Crippen LogP contribution in [0.1, 0.15) is 5.56 Å². The van der Waals surface area contributed by atoms with Gasteiger partial charge in [-0.25, -0.2) is 4.98 Å². The van der Waals surface area contributed by atoms with Crippen LogP contribution < -0.4 is 5.32 Å². The van der Waals surface area contributed by atoms with Gasteiger partial charge in [-0.05, 0) is 18.2 Å². The lowest BCUT2D eigenvalue weighted by Gasteiger charge is -2.04. The number of hydrogen-bond donors (Lipinski definition) is 1. The Bertz CT molecular complexity index is 609. The van der Waals surface area contributed by atoms with E-state index in [2.05, 4.69) is 15.0 Å². The molecule has 19 heavy (non-hydrogen) atoms. The monoisotopic (exact) mass is 290 g/mol. The number of ether oxygens (including phenoxy) is 1. The Morgan fingerprint density at radius 1 is 1.47 bits per heavy atom. The summed E-state index contributed by atoms with van der Waals surface area (Å²) in [6.45, 7) is -0.135. The van der Waals surface area contributed by atoms with Gasteiger partial charge >= 0.3 is 6.18 Å². The van der Waals surface area contributed by atoms with Crippen molar-refractivity contribution in [2.45, 2.75) is 6.18 Å². The van der Waals surface area contributed by atoms with Crippen LogP contribution in [0, 0.1) is 0 Å². The molecule has 102 valence electrons. The van der Waals surface area contributed by atoms with Crippen molar-refractivity contribution >= 4 is 32.6 Å². The van der Waals surface area contributed by atoms with E-state index in [0.29, 0.717) is 4.70 Å². The molecule has 0 saturated carbocycles. The van der Waals surface area contributed by atoms with Crippen molar-refractivity contribution < 1.29 is 22.7 Å². The van der Waals surface area contributed by atoms with Crippen molar-refractivity contribution in [3.8, 4) is 0 Å². The Kier molecular flexibility index (Phi) is 3.72. The molecule has 2 rings (SSSR count). The van der Waals surface area contributed by atoms with Gasteiger partial charge in [-0.2, -0.15) is 13.2 Å². The summed E-state index contributed by atoms with van der Waals surface area (Å²) in [6.07, 6.45) is -4.41. The summed E-state index contributed by atoms with van der Waals surface area (Å²) in [5, 5.41) is 2.70. The normalized spacial score (nSPS) is 11.8. The first kappa shape index (κ1) is 13.8. The van der Waals surface area contributed by atoms with Crippen LogP contribution in [0.25, 0.3) is 10.2 Å². The van der Waals surface area contributed by atoms with Gasteiger partial charge in [0.15, 0.2) is 5.13 Å². The fraction of sp³-hybridized carbons (Fsp3) is 0.273. The quantitative estimate of drug-likeness (QED) is 0.945. The van der Waals surface area contributed by atoms with Gasteiger partial charge in [-0.1, -0.05) is 11.3 Å². The molecule has 0 aliphatic carbocycles. The van der Waals surface area contributed by atoms with Gasteiger partial charge < -0.3 is 4.74 Å². The number of anilines is 1. The molecule has 0 aliphatic rings. The van der Waals surface area contributed by atoms with Gasteiger partial charge in [0.05, 0.1) is 15.8 Å². The Morgan fingerprint density at radius 2 is 2.21 bits per heavy atom. The molecule has 0 saturated heterocycles. The smallest absolute Gasteiger partial charge is 0.375 e. The molecule has 0 unspecified atom stereocenters. The van der Waals surface area contributed by atoms with Crippen molar-refractivity contribution in [1.29, 1.82) is 0 Å². The van der Waals surface area contributed by atoms with Crippen LogP contribution in [0.3, 0.4) is 0 Å². The molecule has 1 aromatic carbocycles. The van der Waals surface area contributed by atoms with Gasteiger partial charge in [0.25, 0.3) is 5.91 Å². The van der Waals surface area contributed by atoms with E-state index in [1.807, 2.05) is 0 Å². The maximum Gasteiger partial charge on any atom is 0.416 e. The Labute approximate surface area is 110 Å². The average molecular weight is 290 g/mol. The number of alkyl halides is 3. The van der Waals surface area contributed by atoms with Gasteiger partial charge in [0, 0.05) is 7.11 Å². The number of fused-ring (bicyclic) bond motifs is 1. The number of carbonyl (C=O) groups excluding carboxylic acids is 1. The molecule has 1 aromatic heterocycles. The highest BCUT2D eigenvalue weighted by molar-refractivity contribution is 7.22. The highest BCUT2D eigenvalue weighted by Crippen LogP contribution is 2.33. The first-order valence-electron chi connectivity index (χ1n) is 5.17. The molecule has 2 aromatic rings. The van der Waals surface area contributed by atoms with Crippen LogP contribution in [-0.2, 0) is 15.7 Å². The summed E-state index contributed by atoms with van der Waals surface area (Å²) in [7, 11) is 1.37. The van der Waals surface area contributed by atoms with E-state index in [9.17, 15) is 18.0 Å². The topological polar surface area (TPSA) is 51.2 Å². The summed E-state index contributed by atoms with van der Waals surface area (Å²) < 4.78 is 42.8. The third-order valence-electron chi connectivity index (χ3n) is 2.24. The average Bonchev–Trinajstić information content (AvgIpc) is 2.68. The van der Waals surface area contributed by atoms with Crippen LogP contribution in [0.5, 0.6) is 0 Å². The van der Waals surface area contributed by atoms with Crippen LogP contribution in [0.2, 0.25) is 0 Å². The fourth-order valence-corrected chi connectivity index (χ4v) is 2.31. The van der Waals surface area contributed by atoms with Crippen LogP contribution >= 0.6 is 11.3 Å². The van der Waals surface area contributed by atoms with Crippen molar-refractivity contribution in [3.63, 3.8) is 0 Å². The van der Waals surface area contributed by atoms with Gasteiger partial charge in [-0.15, -0.1) is 0 Å². The van der Waals surface area contributed by atoms with E-state index >= 15 is 0 Å². The van der Waals surface area contributed by atoms with Crippen LogP contribution in [0.15, 0.2) is 18.2 Å². The van der Waals surface area contributed by atoms with Crippen molar-refractivity contribution in [1.82, 2.24) is 4.98 Å². The second-order valence-corrected chi connectivity index (χ2v) is 4.71. The first-order valence-corrected chi connectivity index (χ1v) is 5.98. The third kappa shape index (κ3) is 3.21. The number of halogens is 3. The van der Waals surface area contributed by atoms with E-state index in [4.69, 9.17) is 0 Å². The highest BCUT2D eigenvalue weighted by Gasteiger charge is 2.30. The minimum atomic E-state index is -4.41. The van der Waals surface area contributed by atoms with E-state index < -0.39 is 17.6 Å². The van der Waals surface area contributed by atoms with Gasteiger partial charge in [0.2, 0.25) is 0 Å². The van der Waals surface area contributed by atoms with Gasteiger partial charge in [0.1, 0.15) is 6.61 Å². The molecule has 1 N–H and O–H groups in total. The predicted octanol–water partition coefficient (Wildman–Crippen LogP) is 2.90. The lowest BCUT2D eigenvalue weighted by atomic mass is 10.2. The second-order valence-electron chi connectivity index (χ2n) is 3.68. The zero-order chi connectivity index (χ0) is 14.0. The number of rotatable bonds is 3. The molecule has 0 bridgehead atoms. The third-order valence-corrected chi connectivity index (χ3v) is 3.19. The van der Waals surface area contributed by atoms with E-state index in [-0.39, 0.29) is 17.3 Å². The molecule has 0 radical (unpaired) electrons. The number of nitrogens with one attached hydrogen (secondary N) is 1. The Morgan fingerprint density at radius 3 is 2.84 bits per heavy atom. The van der Waals surface area contributed by atoms with E-state index in [0.717, 1.165) is 23.5 Å². The summed E-state index contributed by atoms with van der Waals surface area (Å²) in [6, 6.07) is 3.28.